The standard InChI is InChI=1S/C19H21N3O4.ClH/c1-12(11-20)18(23)22-15-5-3-2-4-14(15)19(24)21-13-6-7-16-17(10-13)26-9-8-25-16;/h2-7,10,12H,8-9,11,20H2,1H3,(H,21,24)(H,22,23);1H. The summed E-state index contributed by atoms with van der Waals surface area (Å²) in [6.45, 7) is 2.94. The molecule has 2 amide bonds. The van der Waals surface area contributed by atoms with Crippen LogP contribution >= 0.6 is 12.4 Å². The van der Waals surface area contributed by atoms with E-state index in [0.717, 1.165) is 0 Å². The van der Waals surface area contributed by atoms with Crippen LogP contribution < -0.4 is 25.8 Å². The van der Waals surface area contributed by atoms with Crippen molar-refractivity contribution in [3.8, 4) is 11.5 Å². The van der Waals surface area contributed by atoms with E-state index in [1.807, 2.05) is 0 Å². The first kappa shape index (κ1) is 20.5. The lowest BCUT2D eigenvalue weighted by atomic mass is 10.1. The first-order chi connectivity index (χ1) is 12.6. The van der Waals surface area contributed by atoms with Crippen LogP contribution in [0.1, 0.15) is 17.3 Å². The number of nitrogens with two attached hydrogens (primary N) is 1. The van der Waals surface area contributed by atoms with Crippen LogP contribution in [0.15, 0.2) is 42.5 Å². The SMILES string of the molecule is CC(CN)C(=O)Nc1ccccc1C(=O)Nc1ccc2c(c1)OCCO2.Cl. The molecule has 144 valence electrons. The third-order valence-electron chi connectivity index (χ3n) is 4.03. The summed E-state index contributed by atoms with van der Waals surface area (Å²) < 4.78 is 11.0. The van der Waals surface area contributed by atoms with E-state index in [-0.39, 0.29) is 36.7 Å². The molecular formula is C19H22ClN3O4. The molecule has 0 bridgehead atoms. The maximum absolute atomic E-state index is 12.7. The lowest BCUT2D eigenvalue weighted by Gasteiger charge is -2.19. The summed E-state index contributed by atoms with van der Waals surface area (Å²) in [5, 5.41) is 5.57. The number of carbonyl (C=O) groups is 2. The second-order valence-electron chi connectivity index (χ2n) is 5.98. The van der Waals surface area contributed by atoms with Crippen LogP contribution in [0.5, 0.6) is 11.5 Å². The molecule has 0 spiro atoms. The zero-order valence-corrected chi connectivity index (χ0v) is 15.7. The van der Waals surface area contributed by atoms with Gasteiger partial charge >= 0.3 is 0 Å². The Morgan fingerprint density at radius 1 is 1.07 bits per heavy atom. The maximum Gasteiger partial charge on any atom is 0.257 e. The van der Waals surface area contributed by atoms with Crippen LogP contribution in [-0.4, -0.2) is 31.6 Å². The molecule has 4 N–H and O–H groups in total. The highest BCUT2D eigenvalue weighted by atomic mass is 35.5. The fraction of sp³-hybridized carbons (Fsp3) is 0.263. The van der Waals surface area contributed by atoms with Gasteiger partial charge in [-0.3, -0.25) is 9.59 Å². The van der Waals surface area contributed by atoms with Gasteiger partial charge in [0, 0.05) is 24.2 Å². The molecule has 0 aromatic heterocycles. The van der Waals surface area contributed by atoms with Gasteiger partial charge in [0.15, 0.2) is 11.5 Å². The molecule has 8 heteroatoms. The molecule has 1 aliphatic rings. The number of hydrogen-bond acceptors (Lipinski definition) is 5. The number of rotatable bonds is 5. The summed E-state index contributed by atoms with van der Waals surface area (Å²) in [6, 6.07) is 12.0. The van der Waals surface area contributed by atoms with E-state index in [9.17, 15) is 9.59 Å². The van der Waals surface area contributed by atoms with Crippen LogP contribution in [0.25, 0.3) is 0 Å². The number of para-hydroxylation sites is 1. The number of halogens is 1. The van der Waals surface area contributed by atoms with Gasteiger partial charge in [-0.05, 0) is 24.3 Å². The number of carbonyl (C=O) groups excluding carboxylic acids is 2. The van der Waals surface area contributed by atoms with Gasteiger partial charge in [0.05, 0.1) is 11.3 Å². The number of anilines is 2. The lowest BCUT2D eigenvalue weighted by Crippen LogP contribution is -2.27. The lowest BCUT2D eigenvalue weighted by molar-refractivity contribution is -0.119. The molecule has 1 unspecified atom stereocenters. The third-order valence-corrected chi connectivity index (χ3v) is 4.03. The Labute approximate surface area is 163 Å². The predicted octanol–water partition coefficient (Wildman–Crippen LogP) is 2.67. The van der Waals surface area contributed by atoms with Crippen molar-refractivity contribution < 1.29 is 19.1 Å². The Balaban J connectivity index is 0.00000261. The van der Waals surface area contributed by atoms with Gasteiger partial charge < -0.3 is 25.8 Å². The zero-order chi connectivity index (χ0) is 18.5. The summed E-state index contributed by atoms with van der Waals surface area (Å²) in [6.07, 6.45) is 0. The minimum atomic E-state index is -0.344. The quantitative estimate of drug-likeness (QED) is 0.727. The van der Waals surface area contributed by atoms with Gasteiger partial charge in [-0.15, -0.1) is 12.4 Å². The summed E-state index contributed by atoms with van der Waals surface area (Å²) in [7, 11) is 0. The van der Waals surface area contributed by atoms with Crippen molar-refractivity contribution in [2.75, 3.05) is 30.4 Å². The first-order valence-electron chi connectivity index (χ1n) is 8.39. The smallest absolute Gasteiger partial charge is 0.257 e. The van der Waals surface area contributed by atoms with Crippen molar-refractivity contribution in [2.24, 2.45) is 11.7 Å². The minimum absolute atomic E-state index is 0. The van der Waals surface area contributed by atoms with E-state index in [4.69, 9.17) is 15.2 Å². The molecule has 2 aromatic carbocycles. The van der Waals surface area contributed by atoms with Gasteiger partial charge in [0.1, 0.15) is 13.2 Å². The number of hydrogen-bond donors (Lipinski definition) is 3. The molecule has 1 heterocycles. The number of nitrogens with one attached hydrogen (secondary N) is 2. The number of amides is 2. The summed E-state index contributed by atoms with van der Waals surface area (Å²) >= 11 is 0. The van der Waals surface area contributed by atoms with E-state index in [1.165, 1.54) is 0 Å². The van der Waals surface area contributed by atoms with E-state index < -0.39 is 0 Å². The average molecular weight is 392 g/mol. The molecule has 0 saturated carbocycles. The number of benzene rings is 2. The molecule has 0 fully saturated rings. The molecule has 0 radical (unpaired) electrons. The molecule has 27 heavy (non-hydrogen) atoms. The van der Waals surface area contributed by atoms with Crippen molar-refractivity contribution in [3.63, 3.8) is 0 Å². The Morgan fingerprint density at radius 3 is 2.52 bits per heavy atom. The van der Waals surface area contributed by atoms with Gasteiger partial charge in [-0.2, -0.15) is 0 Å². The van der Waals surface area contributed by atoms with Gasteiger partial charge in [0.2, 0.25) is 5.91 Å². The highest BCUT2D eigenvalue weighted by Crippen LogP contribution is 2.32. The second kappa shape index (κ2) is 9.25. The molecule has 1 aliphatic heterocycles. The summed E-state index contributed by atoms with van der Waals surface area (Å²) in [4.78, 5) is 24.7. The van der Waals surface area contributed by atoms with Crippen molar-refractivity contribution in [1.82, 2.24) is 0 Å². The molecule has 2 aromatic rings. The zero-order valence-electron chi connectivity index (χ0n) is 14.9. The minimum Gasteiger partial charge on any atom is -0.486 e. The Bertz CT molecular complexity index is 828. The Morgan fingerprint density at radius 2 is 1.78 bits per heavy atom. The van der Waals surface area contributed by atoms with E-state index >= 15 is 0 Å². The fourth-order valence-electron chi connectivity index (χ4n) is 2.47. The van der Waals surface area contributed by atoms with E-state index in [1.54, 1.807) is 49.4 Å². The van der Waals surface area contributed by atoms with Crippen LogP contribution in [0.3, 0.4) is 0 Å². The molecule has 3 rings (SSSR count). The topological polar surface area (TPSA) is 103 Å². The monoisotopic (exact) mass is 391 g/mol. The van der Waals surface area contributed by atoms with Crippen molar-refractivity contribution >= 4 is 35.6 Å². The fourth-order valence-corrected chi connectivity index (χ4v) is 2.47. The molecule has 0 aliphatic carbocycles. The van der Waals surface area contributed by atoms with E-state index in [0.29, 0.717) is 41.7 Å². The second-order valence-corrected chi connectivity index (χ2v) is 5.98. The summed E-state index contributed by atoms with van der Waals surface area (Å²) in [5.74, 6) is 0.332. The van der Waals surface area contributed by atoms with Crippen molar-refractivity contribution in [1.29, 1.82) is 0 Å². The normalized spacial score (nSPS) is 13.1. The van der Waals surface area contributed by atoms with Gasteiger partial charge in [-0.25, -0.2) is 0 Å². The largest absolute Gasteiger partial charge is 0.486 e. The van der Waals surface area contributed by atoms with Crippen molar-refractivity contribution in [2.45, 2.75) is 6.92 Å². The van der Waals surface area contributed by atoms with Gasteiger partial charge in [-0.1, -0.05) is 19.1 Å². The van der Waals surface area contributed by atoms with Crippen LogP contribution in [-0.2, 0) is 4.79 Å². The molecule has 0 saturated heterocycles. The van der Waals surface area contributed by atoms with Crippen LogP contribution in [0.4, 0.5) is 11.4 Å². The highest BCUT2D eigenvalue weighted by molar-refractivity contribution is 6.10. The first-order valence-corrected chi connectivity index (χ1v) is 8.39. The summed E-state index contributed by atoms with van der Waals surface area (Å²) in [5.41, 5.74) is 6.90. The predicted molar refractivity (Wildman–Crippen MR) is 106 cm³/mol. The van der Waals surface area contributed by atoms with Crippen molar-refractivity contribution in [3.05, 3.63) is 48.0 Å². The van der Waals surface area contributed by atoms with E-state index in [2.05, 4.69) is 10.6 Å². The van der Waals surface area contributed by atoms with Crippen LogP contribution in [0.2, 0.25) is 0 Å². The number of ether oxygens (including phenoxy) is 2. The Hall–Kier alpha value is -2.77. The molecule has 7 nitrogen and oxygen atoms in total. The van der Waals surface area contributed by atoms with Crippen LogP contribution in [0, 0.1) is 5.92 Å². The molecular weight excluding hydrogens is 370 g/mol. The Kier molecular flexibility index (Phi) is 7.04. The maximum atomic E-state index is 12.7. The molecule has 1 atom stereocenters. The highest BCUT2D eigenvalue weighted by Gasteiger charge is 2.17. The van der Waals surface area contributed by atoms with Gasteiger partial charge in [0.25, 0.3) is 5.91 Å². The number of fused-ring (bicyclic) bond motifs is 1. The third kappa shape index (κ3) is 4.90. The average Bonchev–Trinajstić information content (AvgIpc) is 2.67.